The summed E-state index contributed by atoms with van der Waals surface area (Å²) in [5, 5.41) is 5.30. The largest absolute Gasteiger partial charge is 0.444 e. The molecule has 1 heterocycles. The van der Waals surface area contributed by atoms with Crippen molar-refractivity contribution < 1.29 is 14.3 Å². The number of alkyl carbamates (subject to hydrolysis) is 1. The molecule has 110 valence electrons. The van der Waals surface area contributed by atoms with Crippen molar-refractivity contribution in [3.63, 3.8) is 0 Å². The van der Waals surface area contributed by atoms with E-state index in [9.17, 15) is 9.59 Å². The molecule has 2 N–H and O–H groups in total. The minimum absolute atomic E-state index is 0.171. The smallest absolute Gasteiger partial charge is 0.407 e. The van der Waals surface area contributed by atoms with Crippen molar-refractivity contribution in [1.82, 2.24) is 10.3 Å². The zero-order valence-corrected chi connectivity index (χ0v) is 12.3. The summed E-state index contributed by atoms with van der Waals surface area (Å²) in [5.74, 6) is -0.171. The second-order valence-corrected chi connectivity index (χ2v) is 5.42. The van der Waals surface area contributed by atoms with Gasteiger partial charge in [-0.2, -0.15) is 0 Å². The van der Waals surface area contributed by atoms with Gasteiger partial charge in [-0.15, -0.1) is 0 Å². The molecule has 0 spiro atoms. The van der Waals surface area contributed by atoms with E-state index in [1.807, 2.05) is 6.92 Å². The Bertz CT molecular complexity index is 481. The molecule has 0 aliphatic carbocycles. The Morgan fingerprint density at radius 1 is 1.35 bits per heavy atom. The van der Waals surface area contributed by atoms with Gasteiger partial charge in [-0.25, -0.2) is 4.79 Å². The average Bonchev–Trinajstić information content (AvgIpc) is 2.29. The fraction of sp³-hybridized carbons (Fsp3) is 0.500. The summed E-state index contributed by atoms with van der Waals surface area (Å²) in [6.07, 6.45) is 2.95. The van der Waals surface area contributed by atoms with Crippen molar-refractivity contribution in [3.05, 3.63) is 24.0 Å². The first kappa shape index (κ1) is 15.9. The molecule has 20 heavy (non-hydrogen) atoms. The number of nitrogens with zero attached hydrogens (tertiary/aromatic N) is 1. The minimum Gasteiger partial charge on any atom is -0.444 e. The Kier molecular flexibility index (Phi) is 5.49. The number of rotatable bonds is 4. The Morgan fingerprint density at radius 3 is 2.65 bits per heavy atom. The van der Waals surface area contributed by atoms with Crippen LogP contribution in [0, 0.1) is 6.92 Å². The van der Waals surface area contributed by atoms with Gasteiger partial charge in [0, 0.05) is 31.0 Å². The first-order chi connectivity index (χ1) is 9.28. The van der Waals surface area contributed by atoms with Crippen LogP contribution in [0.2, 0.25) is 0 Å². The normalized spacial score (nSPS) is 10.8. The molecule has 0 atom stereocenters. The lowest BCUT2D eigenvalue weighted by Crippen LogP contribution is -2.34. The molecule has 0 aliphatic rings. The lowest BCUT2D eigenvalue weighted by molar-refractivity contribution is -0.116. The quantitative estimate of drug-likeness (QED) is 0.885. The number of hydrogen-bond acceptors (Lipinski definition) is 4. The van der Waals surface area contributed by atoms with Crippen LogP contribution in [-0.4, -0.2) is 29.1 Å². The van der Waals surface area contributed by atoms with Crippen LogP contribution in [0.1, 0.15) is 32.8 Å². The van der Waals surface area contributed by atoms with Gasteiger partial charge in [-0.3, -0.25) is 9.78 Å². The highest BCUT2D eigenvalue weighted by Crippen LogP contribution is 2.11. The monoisotopic (exact) mass is 279 g/mol. The topological polar surface area (TPSA) is 80.3 Å². The van der Waals surface area contributed by atoms with Crippen molar-refractivity contribution in [2.75, 3.05) is 11.9 Å². The van der Waals surface area contributed by atoms with Gasteiger partial charge < -0.3 is 15.4 Å². The van der Waals surface area contributed by atoms with E-state index in [2.05, 4.69) is 15.6 Å². The van der Waals surface area contributed by atoms with Gasteiger partial charge in [-0.05, 0) is 39.3 Å². The third kappa shape index (κ3) is 6.17. The maximum absolute atomic E-state index is 11.7. The van der Waals surface area contributed by atoms with E-state index in [1.54, 1.807) is 39.2 Å². The Balaban J connectivity index is 2.31. The Labute approximate surface area is 118 Å². The van der Waals surface area contributed by atoms with Crippen molar-refractivity contribution in [2.24, 2.45) is 0 Å². The molecule has 1 aromatic rings. The SMILES string of the molecule is Cc1cnccc1NC(=O)CCNC(=O)OC(C)(C)C. The van der Waals surface area contributed by atoms with Crippen molar-refractivity contribution in [3.8, 4) is 0 Å². The summed E-state index contributed by atoms with van der Waals surface area (Å²) in [7, 11) is 0. The fourth-order valence-corrected chi connectivity index (χ4v) is 1.42. The molecule has 6 heteroatoms. The van der Waals surface area contributed by atoms with Crippen LogP contribution in [0.3, 0.4) is 0 Å². The summed E-state index contributed by atoms with van der Waals surface area (Å²) in [5.41, 5.74) is 1.07. The molecule has 1 rings (SSSR count). The number of amides is 2. The molecule has 0 aromatic carbocycles. The first-order valence-electron chi connectivity index (χ1n) is 6.45. The van der Waals surface area contributed by atoms with Crippen LogP contribution >= 0.6 is 0 Å². The Morgan fingerprint density at radius 2 is 2.05 bits per heavy atom. The van der Waals surface area contributed by atoms with E-state index >= 15 is 0 Å². The van der Waals surface area contributed by atoms with Gasteiger partial charge in [0.15, 0.2) is 0 Å². The van der Waals surface area contributed by atoms with Gasteiger partial charge in [0.1, 0.15) is 5.60 Å². The van der Waals surface area contributed by atoms with E-state index in [0.29, 0.717) is 0 Å². The highest BCUT2D eigenvalue weighted by atomic mass is 16.6. The second kappa shape index (κ2) is 6.88. The van der Waals surface area contributed by atoms with Gasteiger partial charge in [-0.1, -0.05) is 0 Å². The predicted molar refractivity (Wildman–Crippen MR) is 76.5 cm³/mol. The summed E-state index contributed by atoms with van der Waals surface area (Å²) in [4.78, 5) is 27.0. The summed E-state index contributed by atoms with van der Waals surface area (Å²) in [6, 6.07) is 1.73. The zero-order chi connectivity index (χ0) is 15.2. The molecule has 6 nitrogen and oxygen atoms in total. The van der Waals surface area contributed by atoms with Gasteiger partial charge in [0.25, 0.3) is 0 Å². The minimum atomic E-state index is -0.541. The molecule has 0 aliphatic heterocycles. The van der Waals surface area contributed by atoms with E-state index in [4.69, 9.17) is 4.74 Å². The molecule has 0 fully saturated rings. The van der Waals surface area contributed by atoms with E-state index < -0.39 is 11.7 Å². The first-order valence-corrected chi connectivity index (χ1v) is 6.45. The van der Waals surface area contributed by atoms with Crippen molar-refractivity contribution in [1.29, 1.82) is 0 Å². The average molecular weight is 279 g/mol. The third-order valence-electron chi connectivity index (χ3n) is 2.31. The lowest BCUT2D eigenvalue weighted by Gasteiger charge is -2.19. The van der Waals surface area contributed by atoms with Crippen LogP contribution < -0.4 is 10.6 Å². The van der Waals surface area contributed by atoms with Crippen LogP contribution in [0.5, 0.6) is 0 Å². The van der Waals surface area contributed by atoms with Crippen molar-refractivity contribution in [2.45, 2.75) is 39.7 Å². The maximum Gasteiger partial charge on any atom is 0.407 e. The van der Waals surface area contributed by atoms with Crippen molar-refractivity contribution >= 4 is 17.7 Å². The number of anilines is 1. The highest BCUT2D eigenvalue weighted by Gasteiger charge is 2.15. The highest BCUT2D eigenvalue weighted by molar-refractivity contribution is 5.91. The number of ether oxygens (including phenoxy) is 1. The van der Waals surface area contributed by atoms with Gasteiger partial charge in [0.2, 0.25) is 5.91 Å². The molecule has 0 radical (unpaired) electrons. The molecule has 1 aromatic heterocycles. The summed E-state index contributed by atoms with van der Waals surface area (Å²) in [6.45, 7) is 7.44. The zero-order valence-electron chi connectivity index (χ0n) is 12.3. The third-order valence-corrected chi connectivity index (χ3v) is 2.31. The molecule has 0 bridgehead atoms. The van der Waals surface area contributed by atoms with Crippen LogP contribution in [0.25, 0.3) is 0 Å². The predicted octanol–water partition coefficient (Wildman–Crippen LogP) is 2.24. The number of pyridine rings is 1. The van der Waals surface area contributed by atoms with E-state index in [-0.39, 0.29) is 18.9 Å². The van der Waals surface area contributed by atoms with E-state index in [1.165, 1.54) is 0 Å². The van der Waals surface area contributed by atoms with Crippen LogP contribution in [0.4, 0.5) is 10.5 Å². The number of carbonyl (C=O) groups is 2. The molecule has 0 saturated carbocycles. The Hall–Kier alpha value is -2.11. The number of carbonyl (C=O) groups excluding carboxylic acids is 2. The molecule has 0 saturated heterocycles. The number of hydrogen-bond donors (Lipinski definition) is 2. The summed E-state index contributed by atoms with van der Waals surface area (Å²) >= 11 is 0. The summed E-state index contributed by atoms with van der Waals surface area (Å²) < 4.78 is 5.07. The number of aromatic nitrogens is 1. The maximum atomic E-state index is 11.7. The van der Waals surface area contributed by atoms with Crippen LogP contribution in [0.15, 0.2) is 18.5 Å². The van der Waals surface area contributed by atoms with Gasteiger partial charge in [0.05, 0.1) is 0 Å². The standard InChI is InChI=1S/C14H21N3O3/c1-10-9-15-7-5-11(10)17-12(18)6-8-16-13(19)20-14(2,3)4/h5,7,9H,6,8H2,1-4H3,(H,16,19)(H,15,17,18). The van der Waals surface area contributed by atoms with Gasteiger partial charge >= 0.3 is 6.09 Å². The number of aryl methyl sites for hydroxylation is 1. The van der Waals surface area contributed by atoms with Crippen LogP contribution in [-0.2, 0) is 9.53 Å². The molecular formula is C14H21N3O3. The second-order valence-electron chi connectivity index (χ2n) is 5.42. The molecule has 0 unspecified atom stereocenters. The fourth-order valence-electron chi connectivity index (χ4n) is 1.42. The van der Waals surface area contributed by atoms with E-state index in [0.717, 1.165) is 11.3 Å². The lowest BCUT2D eigenvalue weighted by atomic mass is 10.2. The molecule has 2 amide bonds. The number of nitrogens with one attached hydrogen (secondary N) is 2. The molecular weight excluding hydrogens is 258 g/mol.